The highest BCUT2D eigenvalue weighted by molar-refractivity contribution is 6.24. The van der Waals surface area contributed by atoms with E-state index >= 15 is 0 Å². The largest absolute Gasteiger partial charge is 0.465 e. The monoisotopic (exact) mass is 393 g/mol. The Morgan fingerprint density at radius 3 is 2.17 bits per heavy atom. The molecule has 0 aliphatic carbocycles. The van der Waals surface area contributed by atoms with Crippen LogP contribution >= 0.6 is 0 Å². The lowest BCUT2D eigenvalue weighted by atomic mass is 9.94. The molecule has 0 saturated heterocycles. The van der Waals surface area contributed by atoms with Crippen molar-refractivity contribution in [2.75, 3.05) is 0 Å². The van der Waals surface area contributed by atoms with E-state index in [0.717, 1.165) is 22.3 Å². The van der Waals surface area contributed by atoms with E-state index in [1.165, 1.54) is 0 Å². The fraction of sp³-hybridized carbons (Fsp3) is 0.0741. The summed E-state index contributed by atoms with van der Waals surface area (Å²) in [5.41, 5.74) is 4.62. The number of furan rings is 1. The van der Waals surface area contributed by atoms with Crippen LogP contribution in [0, 0.1) is 6.92 Å². The minimum atomic E-state index is -0.261. The van der Waals surface area contributed by atoms with Crippen LogP contribution in [0.25, 0.3) is 11.6 Å². The van der Waals surface area contributed by atoms with E-state index < -0.39 is 0 Å². The van der Waals surface area contributed by atoms with Crippen molar-refractivity contribution in [3.63, 3.8) is 0 Å². The van der Waals surface area contributed by atoms with Crippen LogP contribution in [0.3, 0.4) is 0 Å². The highest BCUT2D eigenvalue weighted by atomic mass is 16.3. The van der Waals surface area contributed by atoms with Gasteiger partial charge in [0.25, 0.3) is 5.91 Å². The van der Waals surface area contributed by atoms with Crippen molar-refractivity contribution >= 4 is 17.6 Å². The topological polar surface area (TPSA) is 42.2 Å². The molecule has 1 N–H and O–H groups in total. The first-order valence-corrected chi connectivity index (χ1v) is 9.94. The van der Waals surface area contributed by atoms with Gasteiger partial charge in [0.05, 0.1) is 17.9 Å². The van der Waals surface area contributed by atoms with Gasteiger partial charge in [0.2, 0.25) is 0 Å². The Kier molecular flexibility index (Phi) is 5.90. The molecule has 30 heavy (non-hydrogen) atoms. The summed E-state index contributed by atoms with van der Waals surface area (Å²) in [4.78, 5) is 13.5. The molecule has 1 atom stereocenters. The van der Waals surface area contributed by atoms with E-state index in [4.69, 9.17) is 4.42 Å². The molecule has 148 valence electrons. The molecule has 3 nitrogen and oxygen atoms in total. The zero-order valence-corrected chi connectivity index (χ0v) is 16.8. The number of amides is 1. The van der Waals surface area contributed by atoms with E-state index in [9.17, 15) is 4.79 Å². The van der Waals surface area contributed by atoms with E-state index in [1.807, 2.05) is 84.9 Å². The number of nitrogens with one attached hydrogen (secondary N) is 1. The van der Waals surface area contributed by atoms with Gasteiger partial charge in [-0.15, -0.1) is 0 Å². The molecular formula is C27H23NO2. The molecule has 0 spiro atoms. The first kappa shape index (κ1) is 19.5. The second-order valence-electron chi connectivity index (χ2n) is 7.11. The first-order valence-electron chi connectivity index (χ1n) is 9.94. The summed E-state index contributed by atoms with van der Waals surface area (Å²) < 4.78 is 5.47. The Morgan fingerprint density at radius 2 is 1.50 bits per heavy atom. The predicted octanol–water partition coefficient (Wildman–Crippen LogP) is 6.03. The predicted molar refractivity (Wildman–Crippen MR) is 121 cm³/mol. The molecule has 4 rings (SSSR count). The number of rotatable bonds is 6. The summed E-state index contributed by atoms with van der Waals surface area (Å²) in [5.74, 6) is 0.478. The molecule has 3 heteroatoms. The van der Waals surface area contributed by atoms with E-state index in [-0.39, 0.29) is 11.9 Å². The average Bonchev–Trinajstić information content (AvgIpc) is 3.31. The molecule has 1 amide bonds. The van der Waals surface area contributed by atoms with Gasteiger partial charge in [-0.25, -0.2) is 0 Å². The number of carbonyl (C=O) groups excluding carboxylic acids is 1. The van der Waals surface area contributed by atoms with Crippen molar-refractivity contribution in [1.29, 1.82) is 0 Å². The van der Waals surface area contributed by atoms with Gasteiger partial charge in [0.1, 0.15) is 5.76 Å². The van der Waals surface area contributed by atoms with Gasteiger partial charge in [0.15, 0.2) is 0 Å². The molecule has 0 aliphatic heterocycles. The van der Waals surface area contributed by atoms with E-state index in [1.54, 1.807) is 12.3 Å². The van der Waals surface area contributed by atoms with Crippen LogP contribution in [-0.2, 0) is 4.79 Å². The van der Waals surface area contributed by atoms with Crippen molar-refractivity contribution in [1.82, 2.24) is 5.32 Å². The first-order chi connectivity index (χ1) is 14.7. The Morgan fingerprint density at radius 1 is 0.833 bits per heavy atom. The summed E-state index contributed by atoms with van der Waals surface area (Å²) >= 11 is 0. The minimum Gasteiger partial charge on any atom is -0.465 e. The van der Waals surface area contributed by atoms with Gasteiger partial charge in [-0.2, -0.15) is 0 Å². The standard InChI is InChI=1S/C27H23NO2/c1-20-11-8-9-17-24(20)26(22-14-6-3-7-15-22)28-27(29)25(19-23-16-10-18-30-23)21-12-4-2-5-13-21/h2-19,26H,1H3,(H,28,29)/b25-19+/t26-/m0/s1. The number of benzene rings is 3. The molecule has 0 saturated carbocycles. The maximum Gasteiger partial charge on any atom is 0.252 e. The van der Waals surface area contributed by atoms with Gasteiger partial charge in [-0.1, -0.05) is 84.9 Å². The minimum absolute atomic E-state index is 0.158. The summed E-state index contributed by atoms with van der Waals surface area (Å²) in [6.07, 6.45) is 3.39. The lowest BCUT2D eigenvalue weighted by Crippen LogP contribution is -2.30. The van der Waals surface area contributed by atoms with Crippen molar-refractivity contribution in [3.05, 3.63) is 131 Å². The van der Waals surface area contributed by atoms with Crippen LogP contribution in [0.2, 0.25) is 0 Å². The molecule has 0 fully saturated rings. The molecular weight excluding hydrogens is 370 g/mol. The Hall–Kier alpha value is -3.85. The highest BCUT2D eigenvalue weighted by Gasteiger charge is 2.21. The fourth-order valence-electron chi connectivity index (χ4n) is 3.52. The molecule has 4 aromatic rings. The highest BCUT2D eigenvalue weighted by Crippen LogP contribution is 2.27. The molecule has 1 aromatic heterocycles. The maximum atomic E-state index is 13.5. The van der Waals surface area contributed by atoms with Crippen LogP contribution in [0.4, 0.5) is 0 Å². The second kappa shape index (κ2) is 9.10. The molecule has 0 bridgehead atoms. The number of hydrogen-bond donors (Lipinski definition) is 1. The molecule has 0 unspecified atom stereocenters. The second-order valence-corrected chi connectivity index (χ2v) is 7.11. The molecule has 0 radical (unpaired) electrons. The maximum absolute atomic E-state index is 13.5. The average molecular weight is 393 g/mol. The van der Waals surface area contributed by atoms with Crippen LogP contribution < -0.4 is 5.32 Å². The van der Waals surface area contributed by atoms with Crippen LogP contribution in [0.15, 0.2) is 108 Å². The zero-order valence-electron chi connectivity index (χ0n) is 16.8. The summed E-state index contributed by atoms with van der Waals surface area (Å²) in [6.45, 7) is 2.06. The third kappa shape index (κ3) is 4.41. The van der Waals surface area contributed by atoms with Gasteiger partial charge in [-0.3, -0.25) is 4.79 Å². The lowest BCUT2D eigenvalue weighted by Gasteiger charge is -2.22. The Balaban J connectivity index is 1.74. The van der Waals surface area contributed by atoms with Crippen molar-refractivity contribution < 1.29 is 9.21 Å². The number of carbonyl (C=O) groups is 1. The van der Waals surface area contributed by atoms with E-state index in [0.29, 0.717) is 11.3 Å². The quantitative estimate of drug-likeness (QED) is 0.406. The summed E-state index contributed by atoms with van der Waals surface area (Å²) in [6, 6.07) is 31.2. The normalized spacial score (nSPS) is 12.4. The van der Waals surface area contributed by atoms with Crippen molar-refractivity contribution in [2.24, 2.45) is 0 Å². The van der Waals surface area contributed by atoms with E-state index in [2.05, 4.69) is 24.4 Å². The van der Waals surface area contributed by atoms with Crippen molar-refractivity contribution in [2.45, 2.75) is 13.0 Å². The van der Waals surface area contributed by atoms with Gasteiger partial charge in [0, 0.05) is 0 Å². The molecule has 0 aliphatic rings. The summed E-state index contributed by atoms with van der Waals surface area (Å²) in [7, 11) is 0. The number of hydrogen-bond acceptors (Lipinski definition) is 2. The molecule has 3 aromatic carbocycles. The fourth-order valence-corrected chi connectivity index (χ4v) is 3.52. The van der Waals surface area contributed by atoms with Crippen LogP contribution in [0.5, 0.6) is 0 Å². The third-order valence-corrected chi connectivity index (χ3v) is 5.07. The smallest absolute Gasteiger partial charge is 0.252 e. The lowest BCUT2D eigenvalue weighted by molar-refractivity contribution is -0.116. The summed E-state index contributed by atoms with van der Waals surface area (Å²) in [5, 5.41) is 3.25. The Labute approximate surface area is 176 Å². The van der Waals surface area contributed by atoms with Gasteiger partial charge in [-0.05, 0) is 47.4 Å². The zero-order chi connectivity index (χ0) is 20.8. The van der Waals surface area contributed by atoms with Gasteiger partial charge < -0.3 is 9.73 Å². The van der Waals surface area contributed by atoms with Crippen LogP contribution in [0.1, 0.15) is 34.1 Å². The molecule has 1 heterocycles. The third-order valence-electron chi connectivity index (χ3n) is 5.07. The Bertz CT molecular complexity index is 1130. The van der Waals surface area contributed by atoms with Gasteiger partial charge >= 0.3 is 0 Å². The van der Waals surface area contributed by atoms with Crippen molar-refractivity contribution in [3.8, 4) is 0 Å². The number of aryl methyl sites for hydroxylation is 1. The SMILES string of the molecule is Cc1ccccc1[C@@H](NC(=O)/C(=C/c1ccco1)c1ccccc1)c1ccccc1. The van der Waals surface area contributed by atoms with Crippen LogP contribution in [-0.4, -0.2) is 5.91 Å².